The number of hydrogen-bond acceptors (Lipinski definition) is 1. The summed E-state index contributed by atoms with van der Waals surface area (Å²) in [7, 11) is 1.00. The summed E-state index contributed by atoms with van der Waals surface area (Å²) in [4.78, 5) is 0. The molecule has 0 saturated carbocycles. The summed E-state index contributed by atoms with van der Waals surface area (Å²) >= 11 is 0. The highest BCUT2D eigenvalue weighted by molar-refractivity contribution is 5.12. The molecule has 0 bridgehead atoms. The quantitative estimate of drug-likeness (QED) is 0.700. The fourth-order valence-electron chi connectivity index (χ4n) is 0.992. The van der Waals surface area contributed by atoms with Crippen LogP contribution in [0.4, 0.5) is 0 Å². The fraction of sp³-hybridized carbons (Fsp3) is 0.500. The van der Waals surface area contributed by atoms with Crippen LogP contribution in [0, 0.1) is 0 Å². The van der Waals surface area contributed by atoms with Gasteiger partial charge in [0.05, 0.1) is 12.7 Å². The van der Waals surface area contributed by atoms with E-state index in [1.54, 1.807) is 6.20 Å². The van der Waals surface area contributed by atoms with Gasteiger partial charge in [-0.05, 0) is 6.42 Å². The zero-order chi connectivity index (χ0) is 10.1. The largest absolute Gasteiger partial charge is 0.400 e. The fourth-order valence-corrected chi connectivity index (χ4v) is 0.992. The van der Waals surface area contributed by atoms with E-state index in [9.17, 15) is 0 Å². The van der Waals surface area contributed by atoms with E-state index in [4.69, 9.17) is 5.11 Å². The van der Waals surface area contributed by atoms with Gasteiger partial charge in [0.25, 0.3) is 0 Å². The first-order valence-corrected chi connectivity index (χ1v) is 4.50. The van der Waals surface area contributed by atoms with E-state index in [1.807, 2.05) is 17.1 Å². The minimum atomic E-state index is 1.00. The highest BCUT2D eigenvalue weighted by Crippen LogP contribution is 1.88. The van der Waals surface area contributed by atoms with Crippen molar-refractivity contribution < 1.29 is 9.67 Å². The minimum Gasteiger partial charge on any atom is -0.400 e. The van der Waals surface area contributed by atoms with Gasteiger partial charge in [0.1, 0.15) is 12.4 Å². The van der Waals surface area contributed by atoms with Crippen LogP contribution >= 0.6 is 0 Å². The molecular weight excluding hydrogens is 164 g/mol. The number of imidazole rings is 1. The standard InChI is InChI=1S/C9H15N2.CH4O/c1-3-5-6-11-8-7-10(4-2)9-11;1-2/h4,7-9H,2-3,5-6H2,1H3;2H,1H3/q+1;. The third-order valence-corrected chi connectivity index (χ3v) is 1.69. The number of aliphatic hydroxyl groups is 1. The highest BCUT2D eigenvalue weighted by atomic mass is 16.2. The van der Waals surface area contributed by atoms with Crippen LogP contribution in [0.3, 0.4) is 0 Å². The van der Waals surface area contributed by atoms with Crippen molar-refractivity contribution in [2.45, 2.75) is 26.3 Å². The molecule has 74 valence electrons. The van der Waals surface area contributed by atoms with E-state index in [0.29, 0.717) is 0 Å². The lowest BCUT2D eigenvalue weighted by Gasteiger charge is -1.90. The van der Waals surface area contributed by atoms with Crippen molar-refractivity contribution in [3.63, 3.8) is 0 Å². The monoisotopic (exact) mass is 183 g/mol. The molecule has 0 aliphatic carbocycles. The predicted molar refractivity (Wildman–Crippen MR) is 54.1 cm³/mol. The van der Waals surface area contributed by atoms with E-state index < -0.39 is 0 Å². The van der Waals surface area contributed by atoms with Crippen LogP contribution in [0.25, 0.3) is 6.20 Å². The van der Waals surface area contributed by atoms with E-state index in [2.05, 4.69) is 24.3 Å². The Hall–Kier alpha value is -1.09. The van der Waals surface area contributed by atoms with Gasteiger partial charge in [0.2, 0.25) is 6.33 Å². The number of unbranched alkanes of at least 4 members (excludes halogenated alkanes) is 1. The topological polar surface area (TPSA) is 29.0 Å². The molecule has 0 fully saturated rings. The van der Waals surface area contributed by atoms with Crippen molar-refractivity contribution >= 4 is 6.20 Å². The third-order valence-electron chi connectivity index (χ3n) is 1.69. The van der Waals surface area contributed by atoms with Gasteiger partial charge in [-0.2, -0.15) is 0 Å². The molecule has 3 nitrogen and oxygen atoms in total. The van der Waals surface area contributed by atoms with Crippen molar-refractivity contribution in [2.75, 3.05) is 7.11 Å². The highest BCUT2D eigenvalue weighted by Gasteiger charge is 1.97. The molecule has 0 radical (unpaired) electrons. The van der Waals surface area contributed by atoms with Gasteiger partial charge < -0.3 is 5.11 Å². The summed E-state index contributed by atoms with van der Waals surface area (Å²) in [5.74, 6) is 0. The van der Waals surface area contributed by atoms with Crippen LogP contribution in [0.2, 0.25) is 0 Å². The average Bonchev–Trinajstić information content (AvgIpc) is 2.65. The molecular formula is C10H19N2O+. The van der Waals surface area contributed by atoms with E-state index >= 15 is 0 Å². The maximum Gasteiger partial charge on any atom is 0.248 e. The Bertz CT molecular complexity index is 231. The molecule has 3 heteroatoms. The van der Waals surface area contributed by atoms with Crippen molar-refractivity contribution in [3.8, 4) is 0 Å². The van der Waals surface area contributed by atoms with E-state index in [0.717, 1.165) is 13.7 Å². The predicted octanol–water partition coefficient (Wildman–Crippen LogP) is 1.28. The van der Waals surface area contributed by atoms with Crippen LogP contribution in [-0.2, 0) is 6.54 Å². The normalized spacial score (nSPS) is 8.85. The number of hydrogen-bond donors (Lipinski definition) is 1. The van der Waals surface area contributed by atoms with Gasteiger partial charge in [-0.3, -0.25) is 0 Å². The lowest BCUT2D eigenvalue weighted by molar-refractivity contribution is -0.696. The number of aromatic nitrogens is 2. The van der Waals surface area contributed by atoms with Gasteiger partial charge in [-0.1, -0.05) is 19.9 Å². The zero-order valence-electron chi connectivity index (χ0n) is 8.48. The molecule has 1 heterocycles. The Kier molecular flexibility index (Phi) is 6.92. The SMILES string of the molecule is C=Cn1cc[n+](CCCC)c1.CO. The van der Waals surface area contributed by atoms with Gasteiger partial charge >= 0.3 is 0 Å². The molecule has 0 spiro atoms. The summed E-state index contributed by atoms with van der Waals surface area (Å²) in [6.07, 6.45) is 10.4. The summed E-state index contributed by atoms with van der Waals surface area (Å²) in [6.45, 7) is 6.98. The number of aryl methyl sites for hydroxylation is 1. The van der Waals surface area contributed by atoms with Crippen LogP contribution in [0.15, 0.2) is 25.3 Å². The molecule has 13 heavy (non-hydrogen) atoms. The molecule has 0 aliphatic heterocycles. The Balaban J connectivity index is 0.000000671. The minimum absolute atomic E-state index is 1.00. The Labute approximate surface area is 79.9 Å². The Morgan fingerprint density at radius 3 is 2.69 bits per heavy atom. The average molecular weight is 183 g/mol. The van der Waals surface area contributed by atoms with E-state index in [1.165, 1.54) is 12.8 Å². The number of aliphatic hydroxyl groups excluding tert-OH is 1. The Morgan fingerprint density at radius 2 is 2.23 bits per heavy atom. The first-order chi connectivity index (χ1) is 6.36. The van der Waals surface area contributed by atoms with Crippen LogP contribution < -0.4 is 4.57 Å². The lowest BCUT2D eigenvalue weighted by atomic mass is 10.3. The van der Waals surface area contributed by atoms with Crippen molar-refractivity contribution in [1.82, 2.24) is 4.57 Å². The van der Waals surface area contributed by atoms with Crippen LogP contribution in [0.1, 0.15) is 19.8 Å². The molecule has 1 aromatic rings. The molecule has 0 aromatic carbocycles. The smallest absolute Gasteiger partial charge is 0.248 e. The van der Waals surface area contributed by atoms with E-state index in [-0.39, 0.29) is 0 Å². The second-order valence-electron chi connectivity index (χ2n) is 2.63. The second-order valence-corrected chi connectivity index (χ2v) is 2.63. The molecule has 1 rings (SSSR count). The molecule has 0 saturated heterocycles. The molecule has 1 N–H and O–H groups in total. The van der Waals surface area contributed by atoms with Gasteiger partial charge in [-0.15, -0.1) is 0 Å². The molecule has 0 unspecified atom stereocenters. The van der Waals surface area contributed by atoms with Crippen LogP contribution in [-0.4, -0.2) is 16.8 Å². The summed E-state index contributed by atoms with van der Waals surface area (Å²) < 4.78 is 4.13. The van der Waals surface area contributed by atoms with Crippen LogP contribution in [0.5, 0.6) is 0 Å². The van der Waals surface area contributed by atoms with Gasteiger partial charge in [0.15, 0.2) is 0 Å². The van der Waals surface area contributed by atoms with Crippen molar-refractivity contribution in [3.05, 3.63) is 25.3 Å². The molecule has 0 amide bonds. The van der Waals surface area contributed by atoms with Gasteiger partial charge in [-0.25, -0.2) is 9.13 Å². The maximum absolute atomic E-state index is 7.00. The summed E-state index contributed by atoms with van der Waals surface area (Å²) in [5.41, 5.74) is 0. The summed E-state index contributed by atoms with van der Waals surface area (Å²) in [5, 5.41) is 7.00. The maximum atomic E-state index is 7.00. The second kappa shape index (κ2) is 7.55. The Morgan fingerprint density at radius 1 is 1.54 bits per heavy atom. The van der Waals surface area contributed by atoms with Crippen molar-refractivity contribution in [2.24, 2.45) is 0 Å². The first-order valence-electron chi connectivity index (χ1n) is 4.50. The zero-order valence-corrected chi connectivity index (χ0v) is 8.48. The lowest BCUT2D eigenvalue weighted by Crippen LogP contribution is -2.30. The molecule has 1 aromatic heterocycles. The van der Waals surface area contributed by atoms with Crippen molar-refractivity contribution in [1.29, 1.82) is 0 Å². The first kappa shape index (κ1) is 11.9. The van der Waals surface area contributed by atoms with Gasteiger partial charge in [0, 0.05) is 7.11 Å². The molecule has 0 atom stereocenters. The number of nitrogens with zero attached hydrogens (tertiary/aromatic N) is 2. The summed E-state index contributed by atoms with van der Waals surface area (Å²) in [6, 6.07) is 0. The third kappa shape index (κ3) is 4.48. The number of rotatable bonds is 4. The molecule has 0 aliphatic rings.